The van der Waals surface area contributed by atoms with Gasteiger partial charge in [0.2, 0.25) is 0 Å². The third-order valence-electron chi connectivity index (χ3n) is 3.43. The molecule has 0 fully saturated rings. The first-order valence-electron chi connectivity index (χ1n) is 8.20. The summed E-state index contributed by atoms with van der Waals surface area (Å²) in [5.74, 6) is 1.69. The number of aromatic nitrogens is 1. The maximum Gasteiger partial charge on any atom is 0.191 e. The lowest BCUT2D eigenvalue weighted by atomic mass is 10.1. The summed E-state index contributed by atoms with van der Waals surface area (Å²) in [4.78, 5) is 9.83. The normalized spacial score (nSPS) is 11.0. The van der Waals surface area contributed by atoms with Crippen molar-refractivity contribution in [3.8, 4) is 5.75 Å². The van der Waals surface area contributed by atoms with Crippen LogP contribution in [0.3, 0.4) is 0 Å². The van der Waals surface area contributed by atoms with Gasteiger partial charge in [0.25, 0.3) is 0 Å². The molecule has 0 spiro atoms. The second-order valence-electron chi connectivity index (χ2n) is 5.60. The van der Waals surface area contributed by atoms with E-state index < -0.39 is 0 Å². The van der Waals surface area contributed by atoms with E-state index in [1.54, 1.807) is 18.4 Å². The molecule has 1 aromatic carbocycles. The van der Waals surface area contributed by atoms with Crippen molar-refractivity contribution in [1.29, 1.82) is 0 Å². The number of rotatable bonds is 7. The molecular weight excluding hydrogens is 447 g/mol. The van der Waals surface area contributed by atoms with Gasteiger partial charge in [-0.2, -0.15) is 0 Å². The highest BCUT2D eigenvalue weighted by atomic mass is 127. The summed E-state index contributed by atoms with van der Waals surface area (Å²) in [6, 6.07) is 6.29. The number of hydrogen-bond donors (Lipinski definition) is 2. The number of guanidine groups is 1. The fourth-order valence-corrected chi connectivity index (χ4v) is 2.92. The van der Waals surface area contributed by atoms with Gasteiger partial charge in [0.1, 0.15) is 10.8 Å². The molecule has 0 aliphatic carbocycles. The van der Waals surface area contributed by atoms with Crippen molar-refractivity contribution >= 4 is 41.3 Å². The van der Waals surface area contributed by atoms with Gasteiger partial charge in [-0.3, -0.25) is 4.99 Å². The Bertz CT molecular complexity index is 687. The topological polar surface area (TPSA) is 58.5 Å². The van der Waals surface area contributed by atoms with E-state index in [0.29, 0.717) is 13.1 Å². The zero-order valence-electron chi connectivity index (χ0n) is 15.3. The molecule has 1 aromatic heterocycles. The van der Waals surface area contributed by atoms with Crippen molar-refractivity contribution in [3.05, 3.63) is 45.4 Å². The molecule has 0 saturated carbocycles. The van der Waals surface area contributed by atoms with Crippen LogP contribution in [0.4, 0.5) is 0 Å². The first-order chi connectivity index (χ1) is 11.6. The molecule has 0 bridgehead atoms. The Kier molecular flexibility index (Phi) is 9.81. The number of aryl methyl sites for hydroxylation is 2. The predicted octanol–water partition coefficient (Wildman–Crippen LogP) is 4.03. The van der Waals surface area contributed by atoms with E-state index in [0.717, 1.165) is 35.3 Å². The van der Waals surface area contributed by atoms with Crippen molar-refractivity contribution in [2.45, 2.75) is 40.3 Å². The van der Waals surface area contributed by atoms with E-state index >= 15 is 0 Å². The van der Waals surface area contributed by atoms with Gasteiger partial charge in [-0.15, -0.1) is 35.3 Å². The Hall–Kier alpha value is -1.35. The Morgan fingerprint density at radius 2 is 2.00 bits per heavy atom. The molecule has 5 nitrogen and oxygen atoms in total. The second-order valence-corrected chi connectivity index (χ2v) is 6.92. The zero-order valence-corrected chi connectivity index (χ0v) is 18.4. The third-order valence-corrected chi connectivity index (χ3v) is 4.34. The summed E-state index contributed by atoms with van der Waals surface area (Å²) in [7, 11) is 1.77. The molecule has 0 aliphatic rings. The minimum Gasteiger partial charge on any atom is -0.493 e. The number of aliphatic imine (C=N–C) groups is 1. The molecule has 7 heteroatoms. The van der Waals surface area contributed by atoms with Gasteiger partial charge >= 0.3 is 0 Å². The summed E-state index contributed by atoms with van der Waals surface area (Å²) in [5.41, 5.74) is 2.33. The highest BCUT2D eigenvalue weighted by Crippen LogP contribution is 2.20. The zero-order chi connectivity index (χ0) is 17.4. The summed E-state index contributed by atoms with van der Waals surface area (Å²) >= 11 is 1.69. The van der Waals surface area contributed by atoms with E-state index in [-0.39, 0.29) is 24.0 Å². The van der Waals surface area contributed by atoms with E-state index in [1.807, 2.05) is 6.20 Å². The summed E-state index contributed by atoms with van der Waals surface area (Å²) in [6.45, 7) is 8.31. The molecule has 0 aliphatic heterocycles. The van der Waals surface area contributed by atoms with Crippen LogP contribution in [-0.4, -0.2) is 24.6 Å². The first-order valence-corrected chi connectivity index (χ1v) is 9.02. The fraction of sp³-hybridized carbons (Fsp3) is 0.444. The number of hydrogen-bond acceptors (Lipinski definition) is 4. The van der Waals surface area contributed by atoms with Gasteiger partial charge in [0, 0.05) is 30.2 Å². The molecule has 2 aromatic rings. The van der Waals surface area contributed by atoms with Crippen LogP contribution in [-0.2, 0) is 13.1 Å². The molecule has 0 unspecified atom stereocenters. The van der Waals surface area contributed by atoms with Crippen molar-refractivity contribution in [1.82, 2.24) is 15.6 Å². The van der Waals surface area contributed by atoms with Gasteiger partial charge < -0.3 is 15.4 Å². The van der Waals surface area contributed by atoms with Crippen LogP contribution < -0.4 is 15.4 Å². The molecule has 0 saturated heterocycles. The van der Waals surface area contributed by atoms with Crippen molar-refractivity contribution in [2.75, 3.05) is 13.7 Å². The van der Waals surface area contributed by atoms with E-state index in [1.165, 1.54) is 10.4 Å². The van der Waals surface area contributed by atoms with Crippen LogP contribution >= 0.6 is 35.3 Å². The quantitative estimate of drug-likeness (QED) is 0.362. The number of ether oxygens (including phenoxy) is 1. The number of halogens is 1. The average Bonchev–Trinajstić information content (AvgIpc) is 2.99. The largest absolute Gasteiger partial charge is 0.493 e. The maximum atomic E-state index is 5.86. The third kappa shape index (κ3) is 7.19. The smallest absolute Gasteiger partial charge is 0.191 e. The molecule has 25 heavy (non-hydrogen) atoms. The molecular formula is C18H27IN4OS. The van der Waals surface area contributed by atoms with Gasteiger partial charge in [-0.25, -0.2) is 4.98 Å². The SMILES string of the molecule is CCCOc1cc(C)ccc1CNC(=NC)NCc1ncc(C)s1.I. The lowest BCUT2D eigenvalue weighted by molar-refractivity contribution is 0.313. The molecule has 2 N–H and O–H groups in total. The highest BCUT2D eigenvalue weighted by Gasteiger charge is 2.06. The van der Waals surface area contributed by atoms with E-state index in [9.17, 15) is 0 Å². The number of thiazole rings is 1. The molecule has 2 rings (SSSR count). The number of benzene rings is 1. The fourth-order valence-electron chi connectivity index (χ4n) is 2.20. The first kappa shape index (κ1) is 21.7. The number of nitrogens with one attached hydrogen (secondary N) is 2. The Labute approximate surface area is 171 Å². The predicted molar refractivity (Wildman–Crippen MR) is 116 cm³/mol. The molecule has 1 heterocycles. The highest BCUT2D eigenvalue weighted by molar-refractivity contribution is 14.0. The Morgan fingerprint density at radius 1 is 1.24 bits per heavy atom. The van der Waals surface area contributed by atoms with Gasteiger partial charge in [0.15, 0.2) is 5.96 Å². The summed E-state index contributed by atoms with van der Waals surface area (Å²) < 4.78 is 5.86. The van der Waals surface area contributed by atoms with E-state index in [2.05, 4.69) is 59.6 Å². The summed E-state index contributed by atoms with van der Waals surface area (Å²) in [5, 5.41) is 7.68. The molecule has 0 radical (unpaired) electrons. The molecule has 0 amide bonds. The monoisotopic (exact) mass is 474 g/mol. The Balaban J connectivity index is 0.00000312. The van der Waals surface area contributed by atoms with Crippen molar-refractivity contribution < 1.29 is 4.74 Å². The van der Waals surface area contributed by atoms with E-state index in [4.69, 9.17) is 4.74 Å². The molecule has 0 atom stereocenters. The minimum atomic E-state index is 0. The van der Waals surface area contributed by atoms with Crippen LogP contribution in [0.1, 0.15) is 34.4 Å². The Morgan fingerprint density at radius 3 is 2.64 bits per heavy atom. The number of nitrogens with zero attached hydrogens (tertiary/aromatic N) is 2. The summed E-state index contributed by atoms with van der Waals surface area (Å²) in [6.07, 6.45) is 2.89. The van der Waals surface area contributed by atoms with Crippen LogP contribution in [0.2, 0.25) is 0 Å². The minimum absolute atomic E-state index is 0. The van der Waals surface area contributed by atoms with Gasteiger partial charge in [0.05, 0.1) is 13.2 Å². The van der Waals surface area contributed by atoms with Crippen LogP contribution in [0, 0.1) is 13.8 Å². The van der Waals surface area contributed by atoms with Crippen molar-refractivity contribution in [2.24, 2.45) is 4.99 Å². The van der Waals surface area contributed by atoms with Crippen LogP contribution in [0.15, 0.2) is 29.4 Å². The van der Waals surface area contributed by atoms with Crippen LogP contribution in [0.25, 0.3) is 0 Å². The van der Waals surface area contributed by atoms with Gasteiger partial charge in [-0.1, -0.05) is 19.1 Å². The lowest BCUT2D eigenvalue weighted by Crippen LogP contribution is -2.36. The van der Waals surface area contributed by atoms with Crippen molar-refractivity contribution in [3.63, 3.8) is 0 Å². The van der Waals surface area contributed by atoms with Gasteiger partial charge in [-0.05, 0) is 31.9 Å². The average molecular weight is 474 g/mol. The standard InChI is InChI=1S/C18H26N4OS.HI/c1-5-8-23-16-9-13(2)6-7-15(16)11-21-18(19-4)22-12-17-20-10-14(3)24-17;/h6-7,9-10H,5,8,11-12H2,1-4H3,(H2,19,21,22);1H. The van der Waals surface area contributed by atoms with Crippen LogP contribution in [0.5, 0.6) is 5.75 Å². The second kappa shape index (κ2) is 11.3. The molecule has 138 valence electrons. The lowest BCUT2D eigenvalue weighted by Gasteiger charge is -2.15. The maximum absolute atomic E-state index is 5.86.